The number of halogens is 1. The zero-order valence-corrected chi connectivity index (χ0v) is 13.9. The summed E-state index contributed by atoms with van der Waals surface area (Å²) in [6, 6.07) is 5.44. The molecule has 0 aliphatic carbocycles. The molecule has 0 aromatic carbocycles. The summed E-state index contributed by atoms with van der Waals surface area (Å²) in [5.41, 5.74) is 0.907. The largest absolute Gasteiger partial charge is 0.465 e. The molecule has 5 nitrogen and oxygen atoms in total. The monoisotopic (exact) mass is 327 g/mol. The Kier molecular flexibility index (Phi) is 9.04. The maximum Gasteiger partial charge on any atom is 0.323 e. The summed E-state index contributed by atoms with van der Waals surface area (Å²) in [6.07, 6.45) is 4.73. The number of hydrogen-bond acceptors (Lipinski definition) is 5. The van der Waals surface area contributed by atoms with E-state index in [1.807, 2.05) is 25.1 Å². The second kappa shape index (κ2) is 10.5. The zero-order valence-electron chi connectivity index (χ0n) is 13.1. The van der Waals surface area contributed by atoms with E-state index in [-0.39, 0.29) is 24.4 Å². The first kappa shape index (κ1) is 18.9. The highest BCUT2D eigenvalue weighted by Gasteiger charge is 2.22. The molecule has 124 valence electrons. The average molecular weight is 328 g/mol. The van der Waals surface area contributed by atoms with Crippen LogP contribution in [0.3, 0.4) is 0 Å². The molecule has 22 heavy (non-hydrogen) atoms. The van der Waals surface area contributed by atoms with E-state index in [1.54, 1.807) is 6.20 Å². The lowest BCUT2D eigenvalue weighted by atomic mass is 9.99. The van der Waals surface area contributed by atoms with Crippen molar-refractivity contribution in [2.45, 2.75) is 32.2 Å². The van der Waals surface area contributed by atoms with Gasteiger partial charge in [0.15, 0.2) is 0 Å². The van der Waals surface area contributed by atoms with Crippen LogP contribution in [0.15, 0.2) is 24.4 Å². The molecule has 0 amide bonds. The molecule has 0 saturated carbocycles. The molecule has 0 spiro atoms. The van der Waals surface area contributed by atoms with Crippen molar-refractivity contribution in [1.82, 2.24) is 15.6 Å². The van der Waals surface area contributed by atoms with Crippen molar-refractivity contribution in [3.8, 4) is 0 Å². The van der Waals surface area contributed by atoms with Crippen molar-refractivity contribution < 1.29 is 9.53 Å². The number of esters is 1. The Labute approximate surface area is 138 Å². The molecule has 1 aliphatic rings. The fourth-order valence-electron chi connectivity index (χ4n) is 2.62. The second-order valence-corrected chi connectivity index (χ2v) is 5.45. The van der Waals surface area contributed by atoms with Crippen molar-refractivity contribution in [3.05, 3.63) is 30.1 Å². The molecule has 6 heteroatoms. The van der Waals surface area contributed by atoms with E-state index in [0.29, 0.717) is 18.9 Å². The van der Waals surface area contributed by atoms with Crippen molar-refractivity contribution in [3.63, 3.8) is 0 Å². The first-order valence-corrected chi connectivity index (χ1v) is 7.80. The van der Waals surface area contributed by atoms with Crippen LogP contribution in [0.5, 0.6) is 0 Å². The number of piperidine rings is 1. The normalized spacial score (nSPS) is 19.0. The summed E-state index contributed by atoms with van der Waals surface area (Å²) in [5, 5.41) is 6.76. The smallest absolute Gasteiger partial charge is 0.323 e. The van der Waals surface area contributed by atoms with Gasteiger partial charge in [0, 0.05) is 18.3 Å². The molecular formula is C16H26ClN3O2. The minimum atomic E-state index is -0.318. The van der Waals surface area contributed by atoms with Gasteiger partial charge in [-0.1, -0.05) is 6.07 Å². The lowest BCUT2D eigenvalue weighted by Crippen LogP contribution is -2.45. The molecule has 1 saturated heterocycles. The zero-order chi connectivity index (χ0) is 14.9. The summed E-state index contributed by atoms with van der Waals surface area (Å²) in [5.74, 6) is 0.395. The van der Waals surface area contributed by atoms with E-state index in [1.165, 1.54) is 12.8 Å². The van der Waals surface area contributed by atoms with Gasteiger partial charge in [-0.15, -0.1) is 12.4 Å². The molecule has 2 N–H and O–H groups in total. The van der Waals surface area contributed by atoms with Gasteiger partial charge in [0.05, 0.1) is 6.61 Å². The predicted molar refractivity (Wildman–Crippen MR) is 89.2 cm³/mol. The molecular weight excluding hydrogens is 302 g/mol. The number of rotatable bonds is 7. The van der Waals surface area contributed by atoms with E-state index in [0.717, 1.165) is 25.3 Å². The maximum absolute atomic E-state index is 12.1. The Morgan fingerprint density at radius 1 is 1.55 bits per heavy atom. The van der Waals surface area contributed by atoms with Crippen LogP contribution in [-0.4, -0.2) is 43.2 Å². The number of nitrogens with one attached hydrogen (secondary N) is 2. The van der Waals surface area contributed by atoms with Crippen LogP contribution in [0.1, 0.15) is 25.5 Å². The molecule has 2 rings (SSSR count). The van der Waals surface area contributed by atoms with Gasteiger partial charge >= 0.3 is 5.97 Å². The average Bonchev–Trinajstić information content (AvgIpc) is 2.53. The maximum atomic E-state index is 12.1. The van der Waals surface area contributed by atoms with Crippen LogP contribution < -0.4 is 10.6 Å². The SMILES string of the molecule is CCOC(=O)C(Cc1ccccn1)NCC1CCCNC1.Cl. The van der Waals surface area contributed by atoms with Gasteiger partial charge in [-0.25, -0.2) is 0 Å². The highest BCUT2D eigenvalue weighted by atomic mass is 35.5. The van der Waals surface area contributed by atoms with Gasteiger partial charge in [-0.3, -0.25) is 9.78 Å². The van der Waals surface area contributed by atoms with Crippen molar-refractivity contribution >= 4 is 18.4 Å². The highest BCUT2D eigenvalue weighted by molar-refractivity contribution is 5.85. The van der Waals surface area contributed by atoms with Gasteiger partial charge in [0.1, 0.15) is 6.04 Å². The van der Waals surface area contributed by atoms with E-state index < -0.39 is 0 Å². The fourth-order valence-corrected chi connectivity index (χ4v) is 2.62. The Morgan fingerprint density at radius 3 is 3.05 bits per heavy atom. The summed E-state index contributed by atoms with van der Waals surface area (Å²) in [6.45, 7) is 5.20. The van der Waals surface area contributed by atoms with Crippen LogP contribution in [0.4, 0.5) is 0 Å². The van der Waals surface area contributed by atoms with Crippen LogP contribution in [0.2, 0.25) is 0 Å². The number of nitrogens with zero attached hydrogens (tertiary/aromatic N) is 1. The number of carbonyl (C=O) groups excluding carboxylic acids is 1. The summed E-state index contributed by atoms with van der Waals surface area (Å²) in [7, 11) is 0. The van der Waals surface area contributed by atoms with Crippen LogP contribution in [0, 0.1) is 5.92 Å². The highest BCUT2D eigenvalue weighted by Crippen LogP contribution is 2.10. The lowest BCUT2D eigenvalue weighted by molar-refractivity contribution is -0.145. The lowest BCUT2D eigenvalue weighted by Gasteiger charge is -2.25. The summed E-state index contributed by atoms with van der Waals surface area (Å²) < 4.78 is 5.17. The minimum Gasteiger partial charge on any atom is -0.465 e. The molecule has 1 fully saturated rings. The van der Waals surface area contributed by atoms with Gasteiger partial charge in [-0.2, -0.15) is 0 Å². The molecule has 2 heterocycles. The Morgan fingerprint density at radius 2 is 2.41 bits per heavy atom. The Bertz CT molecular complexity index is 425. The first-order valence-electron chi connectivity index (χ1n) is 7.80. The third kappa shape index (κ3) is 6.30. The van der Waals surface area contributed by atoms with E-state index in [4.69, 9.17) is 4.74 Å². The van der Waals surface area contributed by atoms with E-state index in [2.05, 4.69) is 15.6 Å². The molecule has 0 bridgehead atoms. The molecule has 2 atom stereocenters. The van der Waals surface area contributed by atoms with Crippen LogP contribution in [0.25, 0.3) is 0 Å². The molecule has 1 aromatic heterocycles. The van der Waals surface area contributed by atoms with Crippen LogP contribution in [-0.2, 0) is 16.0 Å². The number of aromatic nitrogens is 1. The third-order valence-electron chi connectivity index (χ3n) is 3.76. The van der Waals surface area contributed by atoms with Gasteiger partial charge < -0.3 is 15.4 Å². The summed E-state index contributed by atoms with van der Waals surface area (Å²) in [4.78, 5) is 16.4. The standard InChI is InChI=1S/C16H25N3O2.ClH/c1-2-21-16(20)15(10-14-7-3-4-9-18-14)19-12-13-6-5-8-17-11-13;/h3-4,7,9,13,15,17,19H,2,5-6,8,10-12H2,1H3;1H. The van der Waals surface area contributed by atoms with Gasteiger partial charge in [-0.05, 0) is 57.5 Å². The van der Waals surface area contributed by atoms with E-state index >= 15 is 0 Å². The molecule has 2 unspecified atom stereocenters. The van der Waals surface area contributed by atoms with Gasteiger partial charge in [0.25, 0.3) is 0 Å². The number of ether oxygens (including phenoxy) is 1. The second-order valence-electron chi connectivity index (χ2n) is 5.45. The predicted octanol–water partition coefficient (Wildman–Crippen LogP) is 1.57. The third-order valence-corrected chi connectivity index (χ3v) is 3.76. The first-order chi connectivity index (χ1) is 10.3. The fraction of sp³-hybridized carbons (Fsp3) is 0.625. The molecule has 0 radical (unpaired) electrons. The number of hydrogen-bond donors (Lipinski definition) is 2. The van der Waals surface area contributed by atoms with Crippen LogP contribution >= 0.6 is 12.4 Å². The van der Waals surface area contributed by atoms with Crippen molar-refractivity contribution in [2.75, 3.05) is 26.2 Å². The molecule has 1 aromatic rings. The van der Waals surface area contributed by atoms with Crippen molar-refractivity contribution in [1.29, 1.82) is 0 Å². The Hall–Kier alpha value is -1.17. The number of carbonyl (C=O) groups is 1. The minimum absolute atomic E-state index is 0. The summed E-state index contributed by atoms with van der Waals surface area (Å²) >= 11 is 0. The topological polar surface area (TPSA) is 63.2 Å². The van der Waals surface area contributed by atoms with Crippen molar-refractivity contribution in [2.24, 2.45) is 5.92 Å². The van der Waals surface area contributed by atoms with E-state index in [9.17, 15) is 4.79 Å². The quantitative estimate of drug-likeness (QED) is 0.744. The van der Waals surface area contributed by atoms with Gasteiger partial charge in [0.2, 0.25) is 0 Å². The molecule has 1 aliphatic heterocycles. The Balaban J connectivity index is 0.00000242. The number of pyridine rings is 1.